The highest BCUT2D eigenvalue weighted by Gasteiger charge is 2.32. The number of carbonyl (C=O) groups excluding carboxylic acids is 1. The van der Waals surface area contributed by atoms with Crippen LogP contribution >= 0.6 is 11.6 Å². The Kier molecular flexibility index (Phi) is 3.78. The highest BCUT2D eigenvalue weighted by Crippen LogP contribution is 2.28. The van der Waals surface area contributed by atoms with Gasteiger partial charge in [0.2, 0.25) is 0 Å². The number of nitrogens with one attached hydrogen (secondary N) is 1. The van der Waals surface area contributed by atoms with E-state index in [0.717, 1.165) is 19.3 Å². The molecule has 0 spiro atoms. The van der Waals surface area contributed by atoms with Gasteiger partial charge in [-0.05, 0) is 37.5 Å². The number of rotatable bonds is 4. The van der Waals surface area contributed by atoms with Crippen molar-refractivity contribution in [2.75, 3.05) is 13.7 Å². The lowest BCUT2D eigenvalue weighted by molar-refractivity contribution is 0.0927. The molecule has 0 bridgehead atoms. The molecule has 0 aliphatic heterocycles. The molecule has 98 valence electrons. The van der Waals surface area contributed by atoms with E-state index in [4.69, 9.17) is 22.1 Å². The number of amides is 1. The van der Waals surface area contributed by atoms with Gasteiger partial charge < -0.3 is 15.8 Å². The van der Waals surface area contributed by atoms with Crippen molar-refractivity contribution in [3.63, 3.8) is 0 Å². The summed E-state index contributed by atoms with van der Waals surface area (Å²) >= 11 is 5.89. The lowest BCUT2D eigenvalue weighted by Crippen LogP contribution is -2.54. The van der Waals surface area contributed by atoms with Gasteiger partial charge in [-0.25, -0.2) is 0 Å². The number of ether oxygens (including phenoxy) is 1. The first-order valence-electron chi connectivity index (χ1n) is 5.95. The van der Waals surface area contributed by atoms with E-state index < -0.39 is 0 Å². The van der Waals surface area contributed by atoms with E-state index in [1.807, 2.05) is 0 Å². The molecular formula is C13H17ClN2O2. The zero-order chi connectivity index (χ0) is 13.2. The van der Waals surface area contributed by atoms with Gasteiger partial charge in [0, 0.05) is 17.1 Å². The Balaban J connectivity index is 2.05. The fraction of sp³-hybridized carbons (Fsp3) is 0.462. The van der Waals surface area contributed by atoms with Crippen molar-refractivity contribution in [1.82, 2.24) is 5.32 Å². The van der Waals surface area contributed by atoms with Gasteiger partial charge in [0.25, 0.3) is 5.91 Å². The van der Waals surface area contributed by atoms with Gasteiger partial charge in [0.1, 0.15) is 5.75 Å². The quantitative estimate of drug-likeness (QED) is 0.877. The van der Waals surface area contributed by atoms with Crippen LogP contribution in [0.15, 0.2) is 18.2 Å². The zero-order valence-corrected chi connectivity index (χ0v) is 11.1. The summed E-state index contributed by atoms with van der Waals surface area (Å²) < 4.78 is 5.14. The predicted octanol–water partition coefficient (Wildman–Crippen LogP) is 1.96. The number of methoxy groups -OCH3 is 1. The standard InChI is InChI=1S/C13H17ClN2O2/c1-18-11-4-3-9(14)7-10(11)12(17)16-8-13(15)5-2-6-13/h3-4,7H,2,5-6,8,15H2,1H3,(H,16,17). The fourth-order valence-corrected chi connectivity index (χ4v) is 2.19. The van der Waals surface area contributed by atoms with Gasteiger partial charge in [-0.1, -0.05) is 11.6 Å². The van der Waals surface area contributed by atoms with Crippen LogP contribution in [0.25, 0.3) is 0 Å². The zero-order valence-electron chi connectivity index (χ0n) is 10.3. The average molecular weight is 269 g/mol. The molecule has 1 aliphatic carbocycles. The third-order valence-corrected chi connectivity index (χ3v) is 3.59. The van der Waals surface area contributed by atoms with E-state index >= 15 is 0 Å². The summed E-state index contributed by atoms with van der Waals surface area (Å²) in [5.41, 5.74) is 6.26. The van der Waals surface area contributed by atoms with Crippen LogP contribution in [0.5, 0.6) is 5.75 Å². The van der Waals surface area contributed by atoms with Crippen LogP contribution in [0.1, 0.15) is 29.6 Å². The molecule has 5 heteroatoms. The first kappa shape index (κ1) is 13.2. The first-order chi connectivity index (χ1) is 8.54. The van der Waals surface area contributed by atoms with Crippen molar-refractivity contribution in [3.8, 4) is 5.75 Å². The third-order valence-electron chi connectivity index (χ3n) is 3.36. The lowest BCUT2D eigenvalue weighted by atomic mass is 9.78. The molecule has 1 aliphatic rings. The molecule has 0 aromatic heterocycles. The molecule has 4 nitrogen and oxygen atoms in total. The van der Waals surface area contributed by atoms with Crippen molar-refractivity contribution >= 4 is 17.5 Å². The molecule has 3 N–H and O–H groups in total. The molecular weight excluding hydrogens is 252 g/mol. The van der Waals surface area contributed by atoms with Gasteiger partial charge in [-0.15, -0.1) is 0 Å². The molecule has 18 heavy (non-hydrogen) atoms. The van der Waals surface area contributed by atoms with E-state index in [-0.39, 0.29) is 11.4 Å². The summed E-state index contributed by atoms with van der Waals surface area (Å²) in [6.45, 7) is 0.488. The van der Waals surface area contributed by atoms with Crippen molar-refractivity contribution in [2.45, 2.75) is 24.8 Å². The van der Waals surface area contributed by atoms with Gasteiger partial charge in [0.15, 0.2) is 0 Å². The van der Waals surface area contributed by atoms with Crippen LogP contribution < -0.4 is 15.8 Å². The maximum Gasteiger partial charge on any atom is 0.255 e. The van der Waals surface area contributed by atoms with Crippen LogP contribution in [0, 0.1) is 0 Å². The summed E-state index contributed by atoms with van der Waals surface area (Å²) in [7, 11) is 1.52. The second kappa shape index (κ2) is 5.16. The molecule has 0 saturated heterocycles. The van der Waals surface area contributed by atoms with Crippen LogP contribution in [0.2, 0.25) is 5.02 Å². The Labute approximate surface area is 111 Å². The summed E-state index contributed by atoms with van der Waals surface area (Å²) in [5.74, 6) is 0.308. The molecule has 0 atom stereocenters. The Bertz CT molecular complexity index is 458. The van der Waals surface area contributed by atoms with Crippen LogP contribution in [-0.2, 0) is 0 Å². The van der Waals surface area contributed by atoms with E-state index in [9.17, 15) is 4.79 Å². The largest absolute Gasteiger partial charge is 0.496 e. The van der Waals surface area contributed by atoms with Crippen LogP contribution in [0.4, 0.5) is 0 Å². The molecule has 1 aromatic carbocycles. The average Bonchev–Trinajstić information content (AvgIpc) is 2.33. The minimum atomic E-state index is -0.235. The summed E-state index contributed by atoms with van der Waals surface area (Å²) in [5, 5.41) is 3.35. The Morgan fingerprint density at radius 1 is 1.56 bits per heavy atom. The van der Waals surface area contributed by atoms with E-state index in [0.29, 0.717) is 22.9 Å². The van der Waals surface area contributed by atoms with Crippen LogP contribution in [0.3, 0.4) is 0 Å². The number of carbonyl (C=O) groups is 1. The minimum absolute atomic E-state index is 0.203. The van der Waals surface area contributed by atoms with E-state index in [1.165, 1.54) is 7.11 Å². The maximum atomic E-state index is 12.1. The molecule has 1 aromatic rings. The highest BCUT2D eigenvalue weighted by atomic mass is 35.5. The number of benzene rings is 1. The Morgan fingerprint density at radius 2 is 2.28 bits per heavy atom. The predicted molar refractivity (Wildman–Crippen MR) is 71.1 cm³/mol. The van der Waals surface area contributed by atoms with E-state index in [2.05, 4.69) is 5.32 Å². The fourth-order valence-electron chi connectivity index (χ4n) is 2.02. The smallest absolute Gasteiger partial charge is 0.255 e. The van der Waals surface area contributed by atoms with Gasteiger partial charge >= 0.3 is 0 Å². The number of hydrogen-bond donors (Lipinski definition) is 2. The Morgan fingerprint density at radius 3 is 2.83 bits per heavy atom. The van der Waals surface area contributed by atoms with Gasteiger partial charge in [0.05, 0.1) is 12.7 Å². The topological polar surface area (TPSA) is 64.3 Å². The van der Waals surface area contributed by atoms with E-state index in [1.54, 1.807) is 18.2 Å². The SMILES string of the molecule is COc1ccc(Cl)cc1C(=O)NCC1(N)CCC1. The third kappa shape index (κ3) is 2.76. The van der Waals surface area contributed by atoms with Crippen molar-refractivity contribution in [3.05, 3.63) is 28.8 Å². The number of halogens is 1. The lowest BCUT2D eigenvalue weighted by Gasteiger charge is -2.38. The molecule has 1 fully saturated rings. The Hall–Kier alpha value is -1.26. The van der Waals surface area contributed by atoms with Gasteiger partial charge in [-0.2, -0.15) is 0 Å². The minimum Gasteiger partial charge on any atom is -0.496 e. The normalized spacial score (nSPS) is 16.8. The van der Waals surface area contributed by atoms with Crippen molar-refractivity contribution in [2.24, 2.45) is 5.73 Å². The summed E-state index contributed by atoms with van der Waals surface area (Å²) in [6.07, 6.45) is 3.05. The molecule has 0 unspecified atom stereocenters. The molecule has 1 amide bonds. The monoisotopic (exact) mass is 268 g/mol. The molecule has 0 radical (unpaired) electrons. The molecule has 1 saturated carbocycles. The summed E-state index contributed by atoms with van der Waals surface area (Å²) in [6, 6.07) is 4.96. The second-order valence-electron chi connectivity index (χ2n) is 4.74. The van der Waals surface area contributed by atoms with Gasteiger partial charge in [-0.3, -0.25) is 4.79 Å². The van der Waals surface area contributed by atoms with Crippen molar-refractivity contribution < 1.29 is 9.53 Å². The highest BCUT2D eigenvalue weighted by molar-refractivity contribution is 6.31. The summed E-state index contributed by atoms with van der Waals surface area (Å²) in [4.78, 5) is 12.1. The molecule has 0 heterocycles. The van der Waals surface area contributed by atoms with Crippen LogP contribution in [-0.4, -0.2) is 25.1 Å². The number of hydrogen-bond acceptors (Lipinski definition) is 3. The molecule has 2 rings (SSSR count). The van der Waals surface area contributed by atoms with Crippen molar-refractivity contribution in [1.29, 1.82) is 0 Å². The second-order valence-corrected chi connectivity index (χ2v) is 5.18. The first-order valence-corrected chi connectivity index (χ1v) is 6.32. The number of nitrogens with two attached hydrogens (primary N) is 1. The maximum absolute atomic E-state index is 12.1.